The third-order valence-electron chi connectivity index (χ3n) is 5.12. The molecule has 0 aliphatic carbocycles. The number of fused-ring (bicyclic) bond motifs is 1. The summed E-state index contributed by atoms with van der Waals surface area (Å²) >= 11 is 15.9. The number of aromatic nitrogens is 2. The van der Waals surface area contributed by atoms with Crippen LogP contribution in [0.5, 0.6) is 0 Å². The van der Waals surface area contributed by atoms with Gasteiger partial charge in [0.2, 0.25) is 0 Å². The summed E-state index contributed by atoms with van der Waals surface area (Å²) in [6.07, 6.45) is 4.13. The number of benzene rings is 2. The molecular weight excluding hydrogens is 485 g/mol. The highest BCUT2D eigenvalue weighted by Gasteiger charge is 2.15. The molecule has 0 atom stereocenters. The number of aryl methyl sites for hydroxylation is 1. The van der Waals surface area contributed by atoms with Gasteiger partial charge in [0.05, 0.1) is 21.0 Å². The topological polar surface area (TPSA) is 75.1 Å². The molecule has 4 aromatic rings. The molecule has 0 radical (unpaired) electrons. The molecule has 2 heterocycles. The van der Waals surface area contributed by atoms with Gasteiger partial charge in [0.25, 0.3) is 0 Å². The van der Waals surface area contributed by atoms with Crippen molar-refractivity contribution in [3.8, 4) is 11.3 Å². The molecule has 0 fully saturated rings. The van der Waals surface area contributed by atoms with E-state index in [1.54, 1.807) is 23.5 Å². The molecule has 0 spiro atoms. The van der Waals surface area contributed by atoms with E-state index in [9.17, 15) is 9.90 Å². The maximum Gasteiger partial charge on any atom is 0.336 e. The zero-order chi connectivity index (χ0) is 22.8. The zero-order valence-electron chi connectivity index (χ0n) is 17.3. The summed E-state index contributed by atoms with van der Waals surface area (Å²) in [6, 6.07) is 10.7. The number of rotatable bonds is 7. The van der Waals surface area contributed by atoms with Crippen LogP contribution in [-0.2, 0) is 6.42 Å². The summed E-state index contributed by atoms with van der Waals surface area (Å²) in [5, 5.41) is 15.1. The van der Waals surface area contributed by atoms with Crippen LogP contribution in [0.25, 0.3) is 21.3 Å². The summed E-state index contributed by atoms with van der Waals surface area (Å²) < 4.78 is 1.02. The minimum Gasteiger partial charge on any atom is -0.478 e. The lowest BCUT2D eigenvalue weighted by atomic mass is 10.1. The van der Waals surface area contributed by atoms with E-state index in [0.717, 1.165) is 32.8 Å². The molecule has 0 unspecified atom stereocenters. The Hall–Kier alpha value is -2.32. The average molecular weight is 504 g/mol. The number of halogens is 2. The number of anilines is 1. The van der Waals surface area contributed by atoms with Crippen LogP contribution in [0.15, 0.2) is 47.6 Å². The maximum absolute atomic E-state index is 11.4. The molecule has 2 N–H and O–H groups in total. The Morgan fingerprint density at radius 2 is 1.94 bits per heavy atom. The van der Waals surface area contributed by atoms with Gasteiger partial charge in [-0.1, -0.05) is 29.3 Å². The monoisotopic (exact) mass is 503 g/mol. The second-order valence-corrected chi connectivity index (χ2v) is 9.94. The molecule has 0 aliphatic heterocycles. The summed E-state index contributed by atoms with van der Waals surface area (Å²) in [5.74, 6) is -0.243. The van der Waals surface area contributed by atoms with Gasteiger partial charge in [-0.05, 0) is 49.4 Å². The molecule has 32 heavy (non-hydrogen) atoms. The van der Waals surface area contributed by atoms with E-state index >= 15 is 0 Å². The Bertz CT molecular complexity index is 1320. The molecule has 5 nitrogen and oxygen atoms in total. The number of carbonyl (C=O) groups is 1. The Balaban J connectivity index is 1.53. The number of carboxylic acid groups (broad SMARTS) is 1. The molecule has 0 saturated heterocycles. The predicted molar refractivity (Wildman–Crippen MR) is 135 cm³/mol. The molecule has 0 bridgehead atoms. The molecule has 0 saturated carbocycles. The Morgan fingerprint density at radius 3 is 2.69 bits per heavy atom. The molecule has 2 aromatic carbocycles. The van der Waals surface area contributed by atoms with Crippen molar-refractivity contribution in [3.05, 3.63) is 68.8 Å². The normalized spacial score (nSPS) is 11.1. The van der Waals surface area contributed by atoms with Crippen molar-refractivity contribution in [2.45, 2.75) is 18.2 Å². The number of aromatic carboxylic acids is 1. The van der Waals surface area contributed by atoms with Crippen molar-refractivity contribution >= 4 is 68.2 Å². The fourth-order valence-electron chi connectivity index (χ4n) is 3.56. The maximum atomic E-state index is 11.4. The lowest BCUT2D eigenvalue weighted by molar-refractivity contribution is 0.0693. The zero-order valence-corrected chi connectivity index (χ0v) is 20.4. The largest absolute Gasteiger partial charge is 0.478 e. The number of thiophene rings is 1. The number of hydrogen-bond donors (Lipinski definition) is 2. The smallest absolute Gasteiger partial charge is 0.336 e. The van der Waals surface area contributed by atoms with Gasteiger partial charge in [0, 0.05) is 38.4 Å². The molecular formula is C23H19Cl2N3O2S2. The van der Waals surface area contributed by atoms with Crippen LogP contribution in [0.4, 0.5) is 5.82 Å². The first-order chi connectivity index (χ1) is 15.4. The van der Waals surface area contributed by atoms with Gasteiger partial charge in [-0.3, -0.25) is 0 Å². The van der Waals surface area contributed by atoms with E-state index in [4.69, 9.17) is 23.2 Å². The minimum atomic E-state index is -0.941. The first-order valence-electron chi connectivity index (χ1n) is 9.72. The van der Waals surface area contributed by atoms with Gasteiger partial charge in [-0.25, -0.2) is 14.8 Å². The van der Waals surface area contributed by atoms with Crippen molar-refractivity contribution in [2.24, 2.45) is 0 Å². The molecule has 2 aromatic heterocycles. The van der Waals surface area contributed by atoms with Crippen molar-refractivity contribution in [3.63, 3.8) is 0 Å². The molecule has 164 valence electrons. The van der Waals surface area contributed by atoms with Gasteiger partial charge < -0.3 is 10.4 Å². The number of hydrogen-bond acceptors (Lipinski definition) is 6. The second-order valence-electron chi connectivity index (χ2n) is 7.06. The number of nitrogens with zero attached hydrogens (tertiary/aromatic N) is 2. The van der Waals surface area contributed by atoms with Gasteiger partial charge in [-0.2, -0.15) is 0 Å². The van der Waals surface area contributed by atoms with E-state index in [-0.39, 0.29) is 5.56 Å². The van der Waals surface area contributed by atoms with Gasteiger partial charge in [-0.15, -0.1) is 23.1 Å². The Morgan fingerprint density at radius 1 is 1.16 bits per heavy atom. The Kier molecular flexibility index (Phi) is 6.90. The van der Waals surface area contributed by atoms with Crippen LogP contribution in [0.1, 0.15) is 20.8 Å². The molecule has 4 rings (SSSR count). The average Bonchev–Trinajstić information content (AvgIpc) is 3.13. The van der Waals surface area contributed by atoms with Crippen molar-refractivity contribution < 1.29 is 9.90 Å². The molecule has 0 amide bonds. The van der Waals surface area contributed by atoms with Gasteiger partial charge >= 0.3 is 5.97 Å². The lowest BCUT2D eigenvalue weighted by Gasteiger charge is -2.10. The highest BCUT2D eigenvalue weighted by atomic mass is 35.5. The van der Waals surface area contributed by atoms with Crippen molar-refractivity contribution in [1.29, 1.82) is 0 Å². The minimum absolute atomic E-state index is 0.283. The fraction of sp³-hybridized carbons (Fsp3) is 0.174. The second kappa shape index (κ2) is 9.67. The van der Waals surface area contributed by atoms with Crippen LogP contribution < -0.4 is 5.32 Å². The number of nitrogens with one attached hydrogen (secondary N) is 1. The van der Waals surface area contributed by atoms with Crippen molar-refractivity contribution in [2.75, 3.05) is 18.1 Å². The first kappa shape index (κ1) is 22.9. The number of thioether (sulfide) groups is 1. The quantitative estimate of drug-likeness (QED) is 0.263. The van der Waals surface area contributed by atoms with Gasteiger partial charge in [0.15, 0.2) is 0 Å². The van der Waals surface area contributed by atoms with E-state index in [1.165, 1.54) is 28.5 Å². The lowest BCUT2D eigenvalue weighted by Crippen LogP contribution is -2.07. The van der Waals surface area contributed by atoms with Crippen LogP contribution in [0, 0.1) is 6.92 Å². The summed E-state index contributed by atoms with van der Waals surface area (Å²) in [4.78, 5) is 21.9. The van der Waals surface area contributed by atoms with Crippen LogP contribution in [0.2, 0.25) is 10.0 Å². The summed E-state index contributed by atoms with van der Waals surface area (Å²) in [5.41, 5.74) is 3.03. The van der Waals surface area contributed by atoms with E-state index in [1.807, 2.05) is 30.5 Å². The highest BCUT2D eigenvalue weighted by molar-refractivity contribution is 7.98. The highest BCUT2D eigenvalue weighted by Crippen LogP contribution is 2.40. The van der Waals surface area contributed by atoms with E-state index in [0.29, 0.717) is 22.3 Å². The first-order valence-corrected chi connectivity index (χ1v) is 12.5. The van der Waals surface area contributed by atoms with Crippen LogP contribution in [-0.4, -0.2) is 33.8 Å². The fourth-order valence-corrected chi connectivity index (χ4v) is 5.92. The van der Waals surface area contributed by atoms with E-state index < -0.39 is 5.97 Å². The van der Waals surface area contributed by atoms with Gasteiger partial charge in [0.1, 0.15) is 12.1 Å². The predicted octanol–water partition coefficient (Wildman–Crippen LogP) is 7.05. The molecule has 9 heteroatoms. The standard InChI is InChI=1S/C23H19Cl2N3O2S2/c1-12-14(21-16(24)5-6-17(25)22(21)32-12)7-8-26-20-10-18(27-11-28-20)13-3-4-15(23(29)30)19(9-13)31-2/h3-6,9-11H,7-8H2,1-2H3,(H,29,30)(H,26,27,28). The third-order valence-corrected chi connectivity index (χ3v) is 7.82. The Labute approximate surface area is 203 Å². The SMILES string of the molecule is CSc1cc(-c2cc(NCCc3c(C)sc4c(Cl)ccc(Cl)c34)ncn2)ccc1C(=O)O. The summed E-state index contributed by atoms with van der Waals surface area (Å²) in [7, 11) is 0. The van der Waals surface area contributed by atoms with Crippen LogP contribution >= 0.6 is 46.3 Å². The number of carboxylic acids is 1. The van der Waals surface area contributed by atoms with Crippen molar-refractivity contribution in [1.82, 2.24) is 9.97 Å². The van der Waals surface area contributed by atoms with Crippen LogP contribution in [0.3, 0.4) is 0 Å². The third kappa shape index (κ3) is 4.57. The summed E-state index contributed by atoms with van der Waals surface area (Å²) in [6.45, 7) is 2.75. The van der Waals surface area contributed by atoms with E-state index in [2.05, 4.69) is 22.2 Å². The molecule has 0 aliphatic rings.